The fraction of sp³-hybridized carbons (Fsp3) is 0.875. The molecule has 0 saturated carbocycles. The molecule has 1 fully saturated rings. The number of rotatable bonds is 3. The molecule has 1 heterocycles. The second kappa shape index (κ2) is 4.42. The lowest BCUT2D eigenvalue weighted by Crippen LogP contribution is -2.45. The van der Waals surface area contributed by atoms with E-state index in [1.165, 1.54) is 0 Å². The van der Waals surface area contributed by atoms with E-state index in [0.29, 0.717) is 6.42 Å². The summed E-state index contributed by atoms with van der Waals surface area (Å²) in [5, 5.41) is 6.08. The van der Waals surface area contributed by atoms with E-state index >= 15 is 0 Å². The normalized spacial score (nSPS) is 25.3. The topological polar surface area (TPSA) is 67.2 Å². The monoisotopic (exact) mass is 171 g/mol. The smallest absolute Gasteiger partial charge is 0.237 e. The Labute approximate surface area is 72.9 Å². The van der Waals surface area contributed by atoms with Crippen molar-refractivity contribution in [1.29, 1.82) is 0 Å². The van der Waals surface area contributed by atoms with Gasteiger partial charge in [-0.2, -0.15) is 0 Å². The minimum atomic E-state index is -0.342. The Bertz CT molecular complexity index is 154. The Hall–Kier alpha value is -0.610. The van der Waals surface area contributed by atoms with Crippen LogP contribution in [0.3, 0.4) is 0 Å². The zero-order valence-corrected chi connectivity index (χ0v) is 7.47. The first-order valence-corrected chi connectivity index (χ1v) is 4.50. The molecular weight excluding hydrogens is 154 g/mol. The Morgan fingerprint density at radius 3 is 3.08 bits per heavy atom. The summed E-state index contributed by atoms with van der Waals surface area (Å²) in [5.74, 6) is -0.0220. The summed E-state index contributed by atoms with van der Waals surface area (Å²) in [6.45, 7) is 3.78. The van der Waals surface area contributed by atoms with Gasteiger partial charge < -0.3 is 16.4 Å². The van der Waals surface area contributed by atoms with E-state index in [1.807, 2.05) is 6.92 Å². The number of carbonyl (C=O) groups is 1. The molecule has 0 spiro atoms. The maximum absolute atomic E-state index is 11.3. The van der Waals surface area contributed by atoms with Gasteiger partial charge in [0.25, 0.3) is 0 Å². The summed E-state index contributed by atoms with van der Waals surface area (Å²) in [6.07, 6.45) is 1.72. The van der Waals surface area contributed by atoms with Gasteiger partial charge >= 0.3 is 0 Å². The van der Waals surface area contributed by atoms with Gasteiger partial charge in [-0.1, -0.05) is 6.92 Å². The standard InChI is InChI=1S/C8H17N3O/c1-2-7(9)8(12)11-6-3-4-10-5-6/h6-7,10H,2-5,9H2,1H3,(H,11,12)/t6?,7-/m1/s1. The molecule has 1 unspecified atom stereocenters. The van der Waals surface area contributed by atoms with Gasteiger partial charge in [-0.15, -0.1) is 0 Å². The van der Waals surface area contributed by atoms with Crippen LogP contribution in [0.15, 0.2) is 0 Å². The lowest BCUT2D eigenvalue weighted by molar-refractivity contribution is -0.123. The van der Waals surface area contributed by atoms with E-state index in [9.17, 15) is 4.79 Å². The summed E-state index contributed by atoms with van der Waals surface area (Å²) in [6, 6.07) is -0.0549. The van der Waals surface area contributed by atoms with Crippen molar-refractivity contribution < 1.29 is 4.79 Å². The van der Waals surface area contributed by atoms with Crippen LogP contribution in [0.4, 0.5) is 0 Å². The van der Waals surface area contributed by atoms with Crippen molar-refractivity contribution >= 4 is 5.91 Å². The Morgan fingerprint density at radius 1 is 1.83 bits per heavy atom. The lowest BCUT2D eigenvalue weighted by Gasteiger charge is -2.14. The highest BCUT2D eigenvalue weighted by atomic mass is 16.2. The minimum Gasteiger partial charge on any atom is -0.351 e. The molecule has 12 heavy (non-hydrogen) atoms. The highest BCUT2D eigenvalue weighted by Crippen LogP contribution is 1.97. The van der Waals surface area contributed by atoms with Crippen LogP contribution in [0.1, 0.15) is 19.8 Å². The van der Waals surface area contributed by atoms with Crippen LogP contribution < -0.4 is 16.4 Å². The van der Waals surface area contributed by atoms with Crippen LogP contribution in [0.5, 0.6) is 0 Å². The fourth-order valence-corrected chi connectivity index (χ4v) is 1.27. The molecule has 4 N–H and O–H groups in total. The van der Waals surface area contributed by atoms with Crippen LogP contribution in [0.25, 0.3) is 0 Å². The van der Waals surface area contributed by atoms with Crippen LogP contribution in [0, 0.1) is 0 Å². The zero-order valence-electron chi connectivity index (χ0n) is 7.47. The minimum absolute atomic E-state index is 0.0220. The maximum Gasteiger partial charge on any atom is 0.237 e. The van der Waals surface area contributed by atoms with Gasteiger partial charge in [0.15, 0.2) is 0 Å². The van der Waals surface area contributed by atoms with E-state index in [-0.39, 0.29) is 18.0 Å². The number of nitrogens with one attached hydrogen (secondary N) is 2. The molecule has 2 atom stereocenters. The summed E-state index contributed by atoms with van der Waals surface area (Å²) in [5.41, 5.74) is 5.56. The first-order valence-electron chi connectivity index (χ1n) is 4.50. The van der Waals surface area contributed by atoms with Gasteiger partial charge in [0.1, 0.15) is 0 Å². The lowest BCUT2D eigenvalue weighted by atomic mass is 10.2. The number of nitrogens with two attached hydrogens (primary N) is 1. The fourth-order valence-electron chi connectivity index (χ4n) is 1.27. The Morgan fingerprint density at radius 2 is 2.58 bits per heavy atom. The van der Waals surface area contributed by atoms with Crippen molar-refractivity contribution in [1.82, 2.24) is 10.6 Å². The van der Waals surface area contributed by atoms with Gasteiger partial charge in [0, 0.05) is 12.6 Å². The van der Waals surface area contributed by atoms with Crippen molar-refractivity contribution in [2.45, 2.75) is 31.8 Å². The van der Waals surface area contributed by atoms with E-state index < -0.39 is 0 Å². The van der Waals surface area contributed by atoms with Crippen molar-refractivity contribution in [2.75, 3.05) is 13.1 Å². The molecule has 0 aromatic heterocycles. The van der Waals surface area contributed by atoms with Crippen molar-refractivity contribution in [3.05, 3.63) is 0 Å². The van der Waals surface area contributed by atoms with Crippen molar-refractivity contribution in [2.24, 2.45) is 5.73 Å². The summed E-state index contributed by atoms with van der Waals surface area (Å²) in [7, 11) is 0. The number of carbonyl (C=O) groups excluding carboxylic acids is 1. The Kier molecular flexibility index (Phi) is 3.49. The van der Waals surface area contributed by atoms with Crippen molar-refractivity contribution in [3.63, 3.8) is 0 Å². The third-order valence-electron chi connectivity index (χ3n) is 2.18. The molecule has 1 aliphatic heterocycles. The predicted octanol–water partition coefficient (Wildman–Crippen LogP) is -0.798. The first-order chi connectivity index (χ1) is 5.74. The van der Waals surface area contributed by atoms with Gasteiger partial charge in [-0.25, -0.2) is 0 Å². The van der Waals surface area contributed by atoms with Crippen molar-refractivity contribution in [3.8, 4) is 0 Å². The third kappa shape index (κ3) is 2.46. The molecule has 4 heteroatoms. The highest BCUT2D eigenvalue weighted by molar-refractivity contribution is 5.81. The number of hydrogen-bond acceptors (Lipinski definition) is 3. The molecule has 0 aliphatic carbocycles. The maximum atomic E-state index is 11.3. The van der Waals surface area contributed by atoms with Gasteiger partial charge in [0.05, 0.1) is 6.04 Å². The third-order valence-corrected chi connectivity index (χ3v) is 2.18. The average Bonchev–Trinajstić information content (AvgIpc) is 2.55. The molecule has 1 aliphatic rings. The van der Waals surface area contributed by atoms with E-state index in [1.54, 1.807) is 0 Å². The van der Waals surface area contributed by atoms with Crippen LogP contribution in [-0.4, -0.2) is 31.1 Å². The van der Waals surface area contributed by atoms with Gasteiger partial charge in [-0.05, 0) is 19.4 Å². The van der Waals surface area contributed by atoms with Gasteiger partial charge in [-0.3, -0.25) is 4.79 Å². The summed E-state index contributed by atoms with van der Waals surface area (Å²) in [4.78, 5) is 11.3. The first kappa shape index (κ1) is 9.48. The van der Waals surface area contributed by atoms with Crippen LogP contribution in [0.2, 0.25) is 0 Å². The molecule has 0 aromatic rings. The molecule has 1 saturated heterocycles. The summed E-state index contributed by atoms with van der Waals surface area (Å²) >= 11 is 0. The number of hydrogen-bond donors (Lipinski definition) is 3. The second-order valence-corrected chi connectivity index (χ2v) is 3.21. The second-order valence-electron chi connectivity index (χ2n) is 3.21. The quantitative estimate of drug-likeness (QED) is 0.521. The SMILES string of the molecule is CC[C@@H](N)C(=O)NC1CCNC1. The zero-order chi connectivity index (χ0) is 8.97. The molecule has 4 nitrogen and oxygen atoms in total. The largest absolute Gasteiger partial charge is 0.351 e. The number of amides is 1. The van der Waals surface area contributed by atoms with E-state index in [2.05, 4.69) is 10.6 Å². The van der Waals surface area contributed by atoms with Crippen LogP contribution in [-0.2, 0) is 4.79 Å². The molecule has 0 radical (unpaired) electrons. The average molecular weight is 171 g/mol. The highest BCUT2D eigenvalue weighted by Gasteiger charge is 2.19. The predicted molar refractivity (Wildman–Crippen MR) is 47.7 cm³/mol. The molecule has 0 bridgehead atoms. The van der Waals surface area contributed by atoms with Gasteiger partial charge in [0.2, 0.25) is 5.91 Å². The molecule has 70 valence electrons. The van der Waals surface area contributed by atoms with E-state index in [4.69, 9.17) is 5.73 Å². The molecule has 1 amide bonds. The molecular formula is C8H17N3O. The molecule has 1 rings (SSSR count). The summed E-state index contributed by atoms with van der Waals surface area (Å²) < 4.78 is 0. The Balaban J connectivity index is 2.25. The molecule has 0 aromatic carbocycles. The van der Waals surface area contributed by atoms with Crippen LogP contribution >= 0.6 is 0 Å². The van der Waals surface area contributed by atoms with E-state index in [0.717, 1.165) is 19.5 Å².